The molecule has 1 fully saturated rings. The largest absolute Gasteiger partial charge is 0.547 e. The second-order valence-corrected chi connectivity index (χ2v) is 3.82. The molecule has 6 atom stereocenters. The molecule has 1 saturated heterocycles. The highest BCUT2D eigenvalue weighted by molar-refractivity contribution is 5.70. The molecule has 0 bridgehead atoms. The van der Waals surface area contributed by atoms with Crippen molar-refractivity contribution < 1.29 is 44.9 Å². The first-order valence-electron chi connectivity index (χ1n) is 5.20. The lowest BCUT2D eigenvalue weighted by molar-refractivity contribution is -0.344. The normalized spacial score (nSPS) is 38.4. The predicted octanol–water partition coefficient (Wildman–Crippen LogP) is -5.09. The standard InChI is InChI=1S/C9H16O9/c10-1-3-5(12)6(13)7(14)9(17-3)18-4(2-11)8(15)16/h3-7,9-14H,1-2H2,(H,15,16)/p-1/t3?,4-,5-,6+,7?,9-/m1/s1. The third-order valence-corrected chi connectivity index (χ3v) is 2.58. The molecule has 9 heteroatoms. The molecule has 1 aliphatic rings. The van der Waals surface area contributed by atoms with Crippen molar-refractivity contribution in [3.05, 3.63) is 0 Å². The summed E-state index contributed by atoms with van der Waals surface area (Å²) in [4.78, 5) is 10.5. The number of rotatable bonds is 5. The van der Waals surface area contributed by atoms with Crippen LogP contribution in [0.15, 0.2) is 0 Å². The fourth-order valence-electron chi connectivity index (χ4n) is 1.51. The van der Waals surface area contributed by atoms with E-state index in [9.17, 15) is 25.2 Å². The van der Waals surface area contributed by atoms with Crippen molar-refractivity contribution in [1.29, 1.82) is 0 Å². The number of aliphatic hydroxyl groups is 5. The van der Waals surface area contributed by atoms with E-state index >= 15 is 0 Å². The molecule has 106 valence electrons. The number of aliphatic hydroxyl groups excluding tert-OH is 5. The first kappa shape index (κ1) is 15.2. The predicted molar refractivity (Wildman–Crippen MR) is 50.7 cm³/mol. The van der Waals surface area contributed by atoms with Crippen LogP contribution in [0.2, 0.25) is 0 Å². The number of carbonyl (C=O) groups is 1. The average molecular weight is 267 g/mol. The van der Waals surface area contributed by atoms with Crippen LogP contribution in [-0.4, -0.2) is 81.5 Å². The van der Waals surface area contributed by atoms with Crippen LogP contribution in [0.5, 0.6) is 0 Å². The van der Waals surface area contributed by atoms with Crippen molar-refractivity contribution in [3.8, 4) is 0 Å². The van der Waals surface area contributed by atoms with E-state index in [1.54, 1.807) is 0 Å². The smallest absolute Gasteiger partial charge is 0.187 e. The molecule has 0 spiro atoms. The molecule has 0 saturated carbocycles. The maximum Gasteiger partial charge on any atom is 0.187 e. The summed E-state index contributed by atoms with van der Waals surface area (Å²) >= 11 is 0. The third-order valence-electron chi connectivity index (χ3n) is 2.58. The van der Waals surface area contributed by atoms with E-state index in [0.29, 0.717) is 0 Å². The van der Waals surface area contributed by atoms with E-state index < -0.39 is 56.0 Å². The van der Waals surface area contributed by atoms with Crippen molar-refractivity contribution in [3.63, 3.8) is 0 Å². The Labute approximate surface area is 102 Å². The molecule has 18 heavy (non-hydrogen) atoms. The Kier molecular flexibility index (Phi) is 5.41. The topological polar surface area (TPSA) is 160 Å². The number of carbonyl (C=O) groups excluding carboxylic acids is 1. The Morgan fingerprint density at radius 2 is 1.83 bits per heavy atom. The second kappa shape index (κ2) is 6.38. The number of ether oxygens (including phenoxy) is 2. The number of hydrogen-bond acceptors (Lipinski definition) is 9. The van der Waals surface area contributed by atoms with E-state index in [4.69, 9.17) is 19.7 Å². The van der Waals surface area contributed by atoms with Gasteiger partial charge in [0.25, 0.3) is 0 Å². The van der Waals surface area contributed by atoms with Crippen molar-refractivity contribution in [1.82, 2.24) is 0 Å². The summed E-state index contributed by atoms with van der Waals surface area (Å²) in [5.41, 5.74) is 0. The minimum Gasteiger partial charge on any atom is -0.547 e. The molecular weight excluding hydrogens is 252 g/mol. The molecule has 2 unspecified atom stereocenters. The highest BCUT2D eigenvalue weighted by Crippen LogP contribution is 2.22. The van der Waals surface area contributed by atoms with Gasteiger partial charge >= 0.3 is 0 Å². The molecule has 9 nitrogen and oxygen atoms in total. The van der Waals surface area contributed by atoms with Gasteiger partial charge in [-0.2, -0.15) is 0 Å². The first-order valence-corrected chi connectivity index (χ1v) is 5.20. The van der Waals surface area contributed by atoms with E-state index in [0.717, 1.165) is 0 Å². The van der Waals surface area contributed by atoms with Crippen LogP contribution in [0.3, 0.4) is 0 Å². The summed E-state index contributed by atoms with van der Waals surface area (Å²) in [5, 5.41) is 56.4. The second-order valence-electron chi connectivity index (χ2n) is 3.82. The summed E-state index contributed by atoms with van der Waals surface area (Å²) in [6.45, 7) is -1.59. The molecule has 0 aromatic rings. The lowest BCUT2D eigenvalue weighted by Gasteiger charge is -2.40. The van der Waals surface area contributed by atoms with Gasteiger partial charge in [-0.05, 0) is 0 Å². The van der Waals surface area contributed by atoms with Crippen LogP contribution in [0.1, 0.15) is 0 Å². The number of carboxylic acids is 1. The van der Waals surface area contributed by atoms with Crippen LogP contribution in [0.25, 0.3) is 0 Å². The van der Waals surface area contributed by atoms with Crippen LogP contribution in [-0.2, 0) is 14.3 Å². The molecule has 1 heterocycles. The van der Waals surface area contributed by atoms with Gasteiger partial charge in [-0.1, -0.05) is 0 Å². The van der Waals surface area contributed by atoms with Crippen LogP contribution < -0.4 is 5.11 Å². The Hall–Kier alpha value is -0.810. The van der Waals surface area contributed by atoms with E-state index in [2.05, 4.69) is 0 Å². The van der Waals surface area contributed by atoms with Crippen molar-refractivity contribution in [2.75, 3.05) is 13.2 Å². The monoisotopic (exact) mass is 267 g/mol. The molecule has 1 rings (SSSR count). The molecule has 0 aromatic heterocycles. The zero-order valence-electron chi connectivity index (χ0n) is 9.25. The minimum atomic E-state index is -1.76. The van der Waals surface area contributed by atoms with Crippen LogP contribution >= 0.6 is 0 Å². The number of aliphatic carboxylic acids is 1. The fraction of sp³-hybridized carbons (Fsp3) is 0.889. The van der Waals surface area contributed by atoms with Gasteiger partial charge in [0.05, 0.1) is 19.2 Å². The fourth-order valence-corrected chi connectivity index (χ4v) is 1.51. The Morgan fingerprint density at radius 1 is 1.22 bits per heavy atom. The van der Waals surface area contributed by atoms with Gasteiger partial charge in [-0.25, -0.2) is 0 Å². The van der Waals surface area contributed by atoms with Gasteiger partial charge in [-0.15, -0.1) is 0 Å². The molecule has 1 aliphatic heterocycles. The van der Waals surface area contributed by atoms with Gasteiger partial charge in [0.1, 0.15) is 30.5 Å². The zero-order valence-corrected chi connectivity index (χ0v) is 9.25. The number of carboxylic acid groups (broad SMARTS) is 1. The van der Waals surface area contributed by atoms with Crippen molar-refractivity contribution in [2.24, 2.45) is 0 Å². The molecular formula is C9H15O9-. The van der Waals surface area contributed by atoms with E-state index in [-0.39, 0.29) is 0 Å². The molecule has 0 aliphatic carbocycles. The maximum atomic E-state index is 10.5. The maximum absolute atomic E-state index is 10.5. The lowest BCUT2D eigenvalue weighted by Crippen LogP contribution is -2.60. The van der Waals surface area contributed by atoms with Crippen LogP contribution in [0, 0.1) is 0 Å². The van der Waals surface area contributed by atoms with Gasteiger partial charge in [0, 0.05) is 0 Å². The summed E-state index contributed by atoms with van der Waals surface area (Å²) in [7, 11) is 0. The molecule has 0 radical (unpaired) electrons. The summed E-state index contributed by atoms with van der Waals surface area (Å²) in [5.74, 6) is -1.73. The Morgan fingerprint density at radius 3 is 2.28 bits per heavy atom. The average Bonchev–Trinajstić information content (AvgIpc) is 2.35. The summed E-state index contributed by atoms with van der Waals surface area (Å²) in [6.07, 6.45) is -9.56. The highest BCUT2D eigenvalue weighted by atomic mass is 16.7. The van der Waals surface area contributed by atoms with Gasteiger partial charge in [0.2, 0.25) is 0 Å². The summed E-state index contributed by atoms with van der Waals surface area (Å²) < 4.78 is 9.58. The molecule has 0 amide bonds. The quantitative estimate of drug-likeness (QED) is 0.328. The first-order chi connectivity index (χ1) is 8.42. The van der Waals surface area contributed by atoms with Crippen molar-refractivity contribution in [2.45, 2.75) is 36.8 Å². The third kappa shape index (κ3) is 3.14. The Bertz CT molecular complexity index is 281. The summed E-state index contributed by atoms with van der Waals surface area (Å²) in [6, 6.07) is 0. The van der Waals surface area contributed by atoms with Gasteiger partial charge in [-0.3, -0.25) is 0 Å². The van der Waals surface area contributed by atoms with Crippen LogP contribution in [0.4, 0.5) is 0 Å². The molecule has 5 N–H and O–H groups in total. The Balaban J connectivity index is 2.72. The minimum absolute atomic E-state index is 0.667. The zero-order chi connectivity index (χ0) is 13.9. The van der Waals surface area contributed by atoms with Gasteiger partial charge in [0.15, 0.2) is 6.29 Å². The number of hydrogen-bond donors (Lipinski definition) is 5. The molecule has 0 aromatic carbocycles. The van der Waals surface area contributed by atoms with E-state index in [1.165, 1.54) is 0 Å². The van der Waals surface area contributed by atoms with E-state index in [1.807, 2.05) is 0 Å². The van der Waals surface area contributed by atoms with Crippen molar-refractivity contribution >= 4 is 5.97 Å². The SMILES string of the molecule is O=C([O-])[C@@H](CO)O[C@H]1OC(CO)[C@@H](O)[C@H](O)C1O. The lowest BCUT2D eigenvalue weighted by atomic mass is 9.99. The van der Waals surface area contributed by atoms with Gasteiger partial charge < -0.3 is 44.9 Å². The highest BCUT2D eigenvalue weighted by Gasteiger charge is 2.44.